The van der Waals surface area contributed by atoms with Gasteiger partial charge in [0, 0.05) is 11.1 Å². The monoisotopic (exact) mass is 358 g/mol. The minimum Gasteiger partial charge on any atom is -0.489 e. The lowest BCUT2D eigenvalue weighted by Gasteiger charge is -2.07. The summed E-state index contributed by atoms with van der Waals surface area (Å²) in [6.45, 7) is 2.52. The van der Waals surface area contributed by atoms with Gasteiger partial charge in [0.15, 0.2) is 0 Å². The Morgan fingerprint density at radius 3 is 2.23 bits per heavy atom. The Morgan fingerprint density at radius 2 is 1.55 bits per heavy atom. The van der Waals surface area contributed by atoms with Gasteiger partial charge in [-0.2, -0.15) is 0 Å². The second-order valence-electron chi connectivity index (χ2n) is 4.74. The predicted octanol–water partition coefficient (Wildman–Crippen LogP) is 5.18. The maximum absolute atomic E-state index is 7.57. The van der Waals surface area contributed by atoms with Gasteiger partial charge in [-0.05, 0) is 47.5 Å². The first-order valence-electron chi connectivity index (χ1n) is 7.20. The van der Waals surface area contributed by atoms with Crippen molar-refractivity contribution in [1.29, 1.82) is 0 Å². The van der Waals surface area contributed by atoms with Crippen molar-refractivity contribution in [2.75, 3.05) is 6.61 Å². The van der Waals surface area contributed by atoms with Gasteiger partial charge in [0.1, 0.15) is 12.4 Å². The molecule has 3 aromatic carbocycles. The van der Waals surface area contributed by atoms with Crippen molar-refractivity contribution in [1.82, 2.24) is 0 Å². The highest BCUT2D eigenvalue weighted by molar-refractivity contribution is 9.10. The first-order valence-corrected chi connectivity index (χ1v) is 7.99. The lowest BCUT2D eigenvalue weighted by atomic mass is 10.1. The van der Waals surface area contributed by atoms with Crippen molar-refractivity contribution < 1.29 is 9.84 Å². The number of aliphatic hydroxyl groups is 1. The number of benzene rings is 3. The van der Waals surface area contributed by atoms with Gasteiger partial charge in [0.25, 0.3) is 0 Å². The summed E-state index contributed by atoms with van der Waals surface area (Å²) < 4.78 is 6.91. The van der Waals surface area contributed by atoms with E-state index in [4.69, 9.17) is 9.84 Å². The number of rotatable bonds is 3. The van der Waals surface area contributed by atoms with Crippen LogP contribution >= 0.6 is 15.9 Å². The third-order valence-corrected chi connectivity index (χ3v) is 3.57. The van der Waals surface area contributed by atoms with Crippen LogP contribution in [0.1, 0.15) is 12.5 Å². The van der Waals surface area contributed by atoms with E-state index in [1.54, 1.807) is 6.92 Å². The molecule has 0 aliphatic carbocycles. The highest BCUT2D eigenvalue weighted by Crippen LogP contribution is 2.21. The molecular weight excluding hydrogens is 340 g/mol. The molecule has 1 N–H and O–H groups in total. The Balaban J connectivity index is 0.000000545. The van der Waals surface area contributed by atoms with Crippen molar-refractivity contribution in [2.45, 2.75) is 13.5 Å². The van der Waals surface area contributed by atoms with Gasteiger partial charge >= 0.3 is 0 Å². The summed E-state index contributed by atoms with van der Waals surface area (Å²) in [6, 6.07) is 22.7. The van der Waals surface area contributed by atoms with Crippen molar-refractivity contribution >= 4 is 26.7 Å². The van der Waals surface area contributed by atoms with E-state index in [0.717, 1.165) is 15.8 Å². The van der Waals surface area contributed by atoms with Gasteiger partial charge < -0.3 is 9.84 Å². The van der Waals surface area contributed by atoms with Gasteiger partial charge in [-0.25, -0.2) is 0 Å². The Kier molecular flexibility index (Phi) is 6.44. The van der Waals surface area contributed by atoms with E-state index >= 15 is 0 Å². The zero-order valence-corrected chi connectivity index (χ0v) is 14.1. The van der Waals surface area contributed by atoms with Gasteiger partial charge in [0.05, 0.1) is 0 Å². The first kappa shape index (κ1) is 16.5. The molecule has 0 fully saturated rings. The minimum atomic E-state index is 0.250. The van der Waals surface area contributed by atoms with Crippen LogP contribution in [0.15, 0.2) is 71.2 Å². The summed E-state index contributed by atoms with van der Waals surface area (Å²) in [4.78, 5) is 0. The molecular formula is C19H19BrO2. The molecule has 3 aromatic rings. The van der Waals surface area contributed by atoms with Gasteiger partial charge in [-0.15, -0.1) is 0 Å². The maximum Gasteiger partial charge on any atom is 0.120 e. The topological polar surface area (TPSA) is 29.5 Å². The van der Waals surface area contributed by atoms with Crippen LogP contribution in [-0.4, -0.2) is 11.7 Å². The van der Waals surface area contributed by atoms with Crippen LogP contribution in [-0.2, 0) is 6.61 Å². The molecule has 0 radical (unpaired) electrons. The molecule has 0 atom stereocenters. The molecule has 0 heterocycles. The quantitative estimate of drug-likeness (QED) is 0.698. The Hall–Kier alpha value is -1.84. The number of hydrogen-bond acceptors (Lipinski definition) is 2. The average molecular weight is 359 g/mol. The number of halogens is 1. The van der Waals surface area contributed by atoms with E-state index in [1.807, 2.05) is 30.3 Å². The standard InChI is InChI=1S/C17H13BrO.C2H6O/c18-16-8-5-13(6-9-16)12-19-17-10-7-14-3-1-2-4-15(14)11-17;1-2-3/h1-11H,12H2;3H,2H2,1H3. The van der Waals surface area contributed by atoms with Crippen molar-refractivity contribution in [3.8, 4) is 5.75 Å². The van der Waals surface area contributed by atoms with Crippen LogP contribution in [0.2, 0.25) is 0 Å². The molecule has 3 rings (SSSR count). The zero-order valence-electron chi connectivity index (χ0n) is 12.5. The van der Waals surface area contributed by atoms with E-state index in [2.05, 4.69) is 52.3 Å². The number of aliphatic hydroxyl groups excluding tert-OH is 1. The van der Waals surface area contributed by atoms with E-state index in [1.165, 1.54) is 10.8 Å². The lowest BCUT2D eigenvalue weighted by Crippen LogP contribution is -1.94. The summed E-state index contributed by atoms with van der Waals surface area (Å²) in [6.07, 6.45) is 0. The first-order chi connectivity index (χ1) is 10.7. The van der Waals surface area contributed by atoms with E-state index < -0.39 is 0 Å². The fourth-order valence-corrected chi connectivity index (χ4v) is 2.27. The Morgan fingerprint density at radius 1 is 0.909 bits per heavy atom. The van der Waals surface area contributed by atoms with E-state index in [9.17, 15) is 0 Å². The van der Waals surface area contributed by atoms with E-state index in [-0.39, 0.29) is 6.61 Å². The van der Waals surface area contributed by atoms with Crippen LogP contribution in [0.25, 0.3) is 10.8 Å². The average Bonchev–Trinajstić information content (AvgIpc) is 2.55. The highest BCUT2D eigenvalue weighted by atomic mass is 79.9. The molecule has 0 saturated carbocycles. The molecule has 114 valence electrons. The molecule has 0 spiro atoms. The molecule has 0 aliphatic rings. The smallest absolute Gasteiger partial charge is 0.120 e. The number of hydrogen-bond donors (Lipinski definition) is 1. The van der Waals surface area contributed by atoms with Crippen molar-refractivity contribution in [3.05, 3.63) is 76.8 Å². The highest BCUT2D eigenvalue weighted by Gasteiger charge is 1.98. The molecule has 0 saturated heterocycles. The second kappa shape index (κ2) is 8.57. The fraction of sp³-hybridized carbons (Fsp3) is 0.158. The van der Waals surface area contributed by atoms with Crippen molar-refractivity contribution in [3.63, 3.8) is 0 Å². The predicted molar refractivity (Wildman–Crippen MR) is 95.2 cm³/mol. The van der Waals surface area contributed by atoms with Crippen molar-refractivity contribution in [2.24, 2.45) is 0 Å². The summed E-state index contributed by atoms with van der Waals surface area (Å²) in [5.41, 5.74) is 1.16. The molecule has 0 aromatic heterocycles. The second-order valence-corrected chi connectivity index (χ2v) is 5.66. The zero-order chi connectivity index (χ0) is 15.8. The van der Waals surface area contributed by atoms with Crippen LogP contribution in [0.5, 0.6) is 5.75 Å². The molecule has 0 aliphatic heterocycles. The van der Waals surface area contributed by atoms with Gasteiger partial charge in [0.2, 0.25) is 0 Å². The van der Waals surface area contributed by atoms with Gasteiger partial charge in [-0.3, -0.25) is 0 Å². The summed E-state index contributed by atoms with van der Waals surface area (Å²) >= 11 is 3.43. The number of fused-ring (bicyclic) bond motifs is 1. The van der Waals surface area contributed by atoms with Crippen LogP contribution < -0.4 is 4.74 Å². The van der Waals surface area contributed by atoms with Gasteiger partial charge in [-0.1, -0.05) is 58.4 Å². The van der Waals surface area contributed by atoms with Crippen LogP contribution in [0.4, 0.5) is 0 Å². The molecule has 0 amide bonds. The Bertz CT molecular complexity index is 708. The summed E-state index contributed by atoms with van der Waals surface area (Å²) in [7, 11) is 0. The Labute approximate surface area is 139 Å². The largest absolute Gasteiger partial charge is 0.489 e. The third-order valence-electron chi connectivity index (χ3n) is 3.04. The number of ether oxygens (including phenoxy) is 1. The maximum atomic E-state index is 7.57. The van der Waals surface area contributed by atoms with Crippen LogP contribution in [0.3, 0.4) is 0 Å². The molecule has 0 unspecified atom stereocenters. The third kappa shape index (κ3) is 4.86. The van der Waals surface area contributed by atoms with E-state index in [0.29, 0.717) is 6.61 Å². The minimum absolute atomic E-state index is 0.250. The summed E-state index contributed by atoms with van der Waals surface area (Å²) in [5, 5.41) is 10.0. The SMILES string of the molecule is Brc1ccc(COc2ccc3ccccc3c2)cc1.CCO. The lowest BCUT2D eigenvalue weighted by molar-refractivity contribution is 0.306. The summed E-state index contributed by atoms with van der Waals surface area (Å²) in [5.74, 6) is 0.904. The van der Waals surface area contributed by atoms with Crippen LogP contribution in [0, 0.1) is 0 Å². The molecule has 3 heteroatoms. The molecule has 2 nitrogen and oxygen atoms in total. The molecule has 0 bridgehead atoms. The fourth-order valence-electron chi connectivity index (χ4n) is 2.00. The molecule has 22 heavy (non-hydrogen) atoms. The normalized spacial score (nSPS) is 9.95.